The summed E-state index contributed by atoms with van der Waals surface area (Å²) in [6.07, 6.45) is 6.73. The lowest BCUT2D eigenvalue weighted by Gasteiger charge is -2.40. The number of benzene rings is 1. The molecule has 0 aromatic heterocycles. The molecule has 3 rings (SSSR count). The van der Waals surface area contributed by atoms with Gasteiger partial charge in [0.05, 0.1) is 5.41 Å². The van der Waals surface area contributed by atoms with E-state index in [1.54, 1.807) is 12.1 Å². The molecule has 146 valence electrons. The van der Waals surface area contributed by atoms with Crippen molar-refractivity contribution >= 4 is 18.3 Å². The summed E-state index contributed by atoms with van der Waals surface area (Å²) in [7, 11) is 0. The van der Waals surface area contributed by atoms with Crippen LogP contribution < -0.4 is 11.1 Å². The van der Waals surface area contributed by atoms with E-state index in [4.69, 9.17) is 10.5 Å². The van der Waals surface area contributed by atoms with Gasteiger partial charge in [0.25, 0.3) is 0 Å². The van der Waals surface area contributed by atoms with Crippen LogP contribution in [-0.2, 0) is 14.9 Å². The Morgan fingerprint density at radius 2 is 1.85 bits per heavy atom. The topological polar surface area (TPSA) is 64.4 Å². The van der Waals surface area contributed by atoms with Crippen LogP contribution >= 0.6 is 12.4 Å². The zero-order chi connectivity index (χ0) is 17.8. The fourth-order valence-corrected chi connectivity index (χ4v) is 4.34. The monoisotopic (exact) mass is 384 g/mol. The Morgan fingerprint density at radius 3 is 2.46 bits per heavy atom. The van der Waals surface area contributed by atoms with Gasteiger partial charge in [0.1, 0.15) is 5.82 Å². The summed E-state index contributed by atoms with van der Waals surface area (Å²) in [5.41, 5.74) is 6.26. The summed E-state index contributed by atoms with van der Waals surface area (Å²) in [5.74, 6) is -0.184. The second-order valence-corrected chi connectivity index (χ2v) is 7.63. The van der Waals surface area contributed by atoms with Crippen LogP contribution in [0.1, 0.15) is 50.5 Å². The third-order valence-corrected chi connectivity index (χ3v) is 6.16. The molecule has 1 heterocycles. The lowest BCUT2D eigenvalue weighted by atomic mass is 9.69. The van der Waals surface area contributed by atoms with Gasteiger partial charge in [-0.3, -0.25) is 4.79 Å². The molecule has 2 aliphatic rings. The van der Waals surface area contributed by atoms with Crippen molar-refractivity contribution in [2.45, 2.75) is 50.4 Å². The molecule has 2 fully saturated rings. The van der Waals surface area contributed by atoms with E-state index in [1.165, 1.54) is 12.5 Å². The van der Waals surface area contributed by atoms with Gasteiger partial charge in [-0.2, -0.15) is 0 Å². The molecule has 3 N–H and O–H groups in total. The molecular weight excluding hydrogens is 355 g/mol. The SMILES string of the molecule is Cl.NCC1(C(=O)NCC2(c3cccc(F)c3)CCCCC2)CCOCC1. The van der Waals surface area contributed by atoms with Crippen molar-refractivity contribution in [3.8, 4) is 0 Å². The average Bonchev–Trinajstić information content (AvgIpc) is 2.67. The molecule has 6 heteroatoms. The van der Waals surface area contributed by atoms with Gasteiger partial charge >= 0.3 is 0 Å². The highest BCUT2D eigenvalue weighted by molar-refractivity contribution is 5.85. The minimum atomic E-state index is -0.518. The Labute approximate surface area is 161 Å². The molecule has 26 heavy (non-hydrogen) atoms. The van der Waals surface area contributed by atoms with Gasteiger partial charge in [0.15, 0.2) is 0 Å². The standard InChI is InChI=1S/C20H29FN2O2.ClH/c21-17-6-4-5-16(13-17)20(7-2-1-3-8-20)15-23-18(24)19(14-22)9-11-25-12-10-19;/h4-6,13H,1-3,7-12,14-15,22H2,(H,23,24);1H. The Bertz CT molecular complexity index is 599. The minimum absolute atomic E-state index is 0. The number of hydrogen-bond donors (Lipinski definition) is 2. The summed E-state index contributed by atoms with van der Waals surface area (Å²) < 4.78 is 19.2. The van der Waals surface area contributed by atoms with Gasteiger partial charge < -0.3 is 15.8 Å². The van der Waals surface area contributed by atoms with Crippen LogP contribution in [0.4, 0.5) is 4.39 Å². The molecule has 0 spiro atoms. The first-order valence-corrected chi connectivity index (χ1v) is 9.42. The molecule has 1 saturated heterocycles. The summed E-state index contributed by atoms with van der Waals surface area (Å²) in [6.45, 7) is 2.06. The van der Waals surface area contributed by atoms with Crippen LogP contribution in [0.2, 0.25) is 0 Å². The predicted octanol–water partition coefficient (Wildman–Crippen LogP) is 3.32. The van der Waals surface area contributed by atoms with Crippen molar-refractivity contribution in [2.24, 2.45) is 11.1 Å². The van der Waals surface area contributed by atoms with E-state index in [9.17, 15) is 9.18 Å². The van der Waals surface area contributed by atoms with Gasteiger partial charge in [0, 0.05) is 31.7 Å². The Balaban J connectivity index is 0.00000243. The molecule has 1 aliphatic carbocycles. The molecule has 1 aromatic carbocycles. The maximum Gasteiger partial charge on any atom is 0.227 e. The van der Waals surface area contributed by atoms with E-state index < -0.39 is 5.41 Å². The first-order chi connectivity index (χ1) is 12.1. The van der Waals surface area contributed by atoms with Crippen LogP contribution in [0.5, 0.6) is 0 Å². The molecule has 0 bridgehead atoms. The number of nitrogens with one attached hydrogen (secondary N) is 1. The van der Waals surface area contributed by atoms with Gasteiger partial charge in [-0.15, -0.1) is 12.4 Å². The normalized spacial score (nSPS) is 21.5. The summed E-state index contributed by atoms with van der Waals surface area (Å²) >= 11 is 0. The number of amides is 1. The molecule has 1 aromatic rings. The second kappa shape index (κ2) is 9.16. The van der Waals surface area contributed by atoms with E-state index >= 15 is 0 Å². The number of hydrogen-bond acceptors (Lipinski definition) is 3. The maximum atomic E-state index is 13.8. The zero-order valence-corrected chi connectivity index (χ0v) is 16.1. The van der Waals surface area contributed by atoms with Gasteiger partial charge in [0.2, 0.25) is 5.91 Å². The van der Waals surface area contributed by atoms with Crippen molar-refractivity contribution < 1.29 is 13.9 Å². The van der Waals surface area contributed by atoms with Gasteiger partial charge in [-0.1, -0.05) is 31.4 Å². The summed E-state index contributed by atoms with van der Waals surface area (Å²) in [4.78, 5) is 12.9. The number of nitrogens with two attached hydrogens (primary N) is 1. The van der Waals surface area contributed by atoms with Crippen molar-refractivity contribution in [1.82, 2.24) is 5.32 Å². The quantitative estimate of drug-likeness (QED) is 0.818. The molecule has 0 atom stereocenters. The zero-order valence-electron chi connectivity index (χ0n) is 15.3. The van der Waals surface area contributed by atoms with Crippen LogP contribution in [-0.4, -0.2) is 32.2 Å². The number of carbonyl (C=O) groups is 1. The number of carbonyl (C=O) groups excluding carboxylic acids is 1. The van der Waals surface area contributed by atoms with Crippen molar-refractivity contribution in [2.75, 3.05) is 26.3 Å². The lowest BCUT2D eigenvalue weighted by molar-refractivity contribution is -0.136. The smallest absolute Gasteiger partial charge is 0.227 e. The predicted molar refractivity (Wildman–Crippen MR) is 103 cm³/mol. The number of halogens is 2. The number of rotatable bonds is 5. The third kappa shape index (κ3) is 4.38. The van der Waals surface area contributed by atoms with Crippen molar-refractivity contribution in [1.29, 1.82) is 0 Å². The highest BCUT2D eigenvalue weighted by atomic mass is 35.5. The third-order valence-electron chi connectivity index (χ3n) is 6.16. The highest BCUT2D eigenvalue weighted by Gasteiger charge is 2.41. The van der Waals surface area contributed by atoms with E-state index in [2.05, 4.69) is 5.32 Å². The average molecular weight is 385 g/mol. The van der Waals surface area contributed by atoms with E-state index in [0.717, 1.165) is 31.2 Å². The van der Waals surface area contributed by atoms with Crippen LogP contribution in [0.3, 0.4) is 0 Å². The van der Waals surface area contributed by atoms with Gasteiger partial charge in [-0.05, 0) is 43.4 Å². The van der Waals surface area contributed by atoms with E-state index in [-0.39, 0.29) is 29.5 Å². The van der Waals surface area contributed by atoms with E-state index in [1.807, 2.05) is 6.07 Å². The van der Waals surface area contributed by atoms with Crippen LogP contribution in [0.15, 0.2) is 24.3 Å². The Kier molecular flexibility index (Phi) is 7.44. The second-order valence-electron chi connectivity index (χ2n) is 7.63. The molecule has 1 aliphatic heterocycles. The Hall–Kier alpha value is -1.17. The largest absolute Gasteiger partial charge is 0.381 e. The first-order valence-electron chi connectivity index (χ1n) is 9.42. The minimum Gasteiger partial charge on any atom is -0.381 e. The lowest BCUT2D eigenvalue weighted by Crippen LogP contribution is -2.52. The maximum absolute atomic E-state index is 13.8. The molecule has 4 nitrogen and oxygen atoms in total. The van der Waals surface area contributed by atoms with Crippen molar-refractivity contribution in [3.63, 3.8) is 0 Å². The summed E-state index contributed by atoms with van der Waals surface area (Å²) in [6, 6.07) is 6.87. The molecule has 1 saturated carbocycles. The number of ether oxygens (including phenoxy) is 1. The van der Waals surface area contributed by atoms with Crippen LogP contribution in [0.25, 0.3) is 0 Å². The fourth-order valence-electron chi connectivity index (χ4n) is 4.34. The first kappa shape index (κ1) is 21.1. The summed E-state index contributed by atoms with van der Waals surface area (Å²) in [5, 5.41) is 3.18. The van der Waals surface area contributed by atoms with Crippen molar-refractivity contribution in [3.05, 3.63) is 35.6 Å². The van der Waals surface area contributed by atoms with Crippen LogP contribution in [0, 0.1) is 11.2 Å². The molecule has 0 radical (unpaired) electrons. The fraction of sp³-hybridized carbons (Fsp3) is 0.650. The molecule has 1 amide bonds. The Morgan fingerprint density at radius 1 is 1.15 bits per heavy atom. The van der Waals surface area contributed by atoms with Gasteiger partial charge in [-0.25, -0.2) is 4.39 Å². The van der Waals surface area contributed by atoms with E-state index in [0.29, 0.717) is 39.1 Å². The highest BCUT2D eigenvalue weighted by Crippen LogP contribution is 2.39. The molecule has 0 unspecified atom stereocenters. The molecular formula is C20H30ClFN2O2.